The zero-order chi connectivity index (χ0) is 13.0. The summed E-state index contributed by atoms with van der Waals surface area (Å²) in [6.45, 7) is 1.97. The second-order valence-corrected chi connectivity index (χ2v) is 4.84. The van der Waals surface area contributed by atoms with Crippen molar-refractivity contribution in [3.8, 4) is 6.07 Å². The molecule has 2 rings (SSSR count). The highest BCUT2D eigenvalue weighted by atomic mass is 16.3. The number of piperidine rings is 1. The lowest BCUT2D eigenvalue weighted by Crippen LogP contribution is -2.54. The van der Waals surface area contributed by atoms with E-state index < -0.39 is 0 Å². The van der Waals surface area contributed by atoms with Crippen molar-refractivity contribution in [3.63, 3.8) is 0 Å². The minimum Gasteiger partial charge on any atom is -0.394 e. The van der Waals surface area contributed by atoms with Gasteiger partial charge in [0.25, 0.3) is 0 Å². The summed E-state index contributed by atoms with van der Waals surface area (Å²) in [5, 5.41) is 21.6. The molecule has 1 aromatic carbocycles. The summed E-state index contributed by atoms with van der Waals surface area (Å²) in [5.74, 6) is 0. The van der Waals surface area contributed by atoms with Gasteiger partial charge in [0.05, 0.1) is 18.2 Å². The van der Waals surface area contributed by atoms with Crippen LogP contribution in [0.25, 0.3) is 0 Å². The Morgan fingerprint density at radius 3 is 2.72 bits per heavy atom. The van der Waals surface area contributed by atoms with E-state index in [-0.39, 0.29) is 12.1 Å². The molecule has 0 saturated carbocycles. The van der Waals surface area contributed by atoms with Gasteiger partial charge in [0, 0.05) is 24.3 Å². The first-order valence-corrected chi connectivity index (χ1v) is 6.28. The topological polar surface area (TPSA) is 59.3 Å². The quantitative estimate of drug-likeness (QED) is 0.837. The molecular weight excluding hydrogens is 226 g/mol. The molecule has 1 saturated heterocycles. The number of likely N-dealkylation sites (N-methyl/N-ethyl adjacent to an activating group) is 1. The Labute approximate surface area is 108 Å². The highest BCUT2D eigenvalue weighted by Crippen LogP contribution is 2.26. The van der Waals surface area contributed by atoms with E-state index in [1.807, 2.05) is 31.3 Å². The van der Waals surface area contributed by atoms with Crippen LogP contribution in [-0.2, 0) is 0 Å². The Morgan fingerprint density at radius 1 is 1.44 bits per heavy atom. The van der Waals surface area contributed by atoms with Crippen molar-refractivity contribution in [1.82, 2.24) is 5.32 Å². The standard InChI is InChI=1S/C14H19N3O/c1-16-14(11-18)5-7-17(8-6-14)13-4-2-3-12(9-13)10-15/h2-4,9,16,18H,5-8,11H2,1H3. The third kappa shape index (κ3) is 2.47. The molecule has 0 atom stereocenters. The second kappa shape index (κ2) is 5.38. The number of nitrogens with one attached hydrogen (secondary N) is 1. The molecule has 0 bridgehead atoms. The van der Waals surface area contributed by atoms with Gasteiger partial charge in [-0.15, -0.1) is 0 Å². The maximum Gasteiger partial charge on any atom is 0.0992 e. The van der Waals surface area contributed by atoms with Gasteiger partial charge in [-0.2, -0.15) is 5.26 Å². The van der Waals surface area contributed by atoms with Gasteiger partial charge in [0.1, 0.15) is 0 Å². The van der Waals surface area contributed by atoms with Gasteiger partial charge in [0.2, 0.25) is 0 Å². The molecule has 1 aliphatic heterocycles. The van der Waals surface area contributed by atoms with Crippen LogP contribution in [0.4, 0.5) is 5.69 Å². The Hall–Kier alpha value is -1.57. The molecule has 1 aromatic rings. The number of hydrogen-bond acceptors (Lipinski definition) is 4. The predicted molar refractivity (Wildman–Crippen MR) is 71.5 cm³/mol. The molecule has 1 aliphatic rings. The predicted octanol–water partition coefficient (Wildman–Crippen LogP) is 1.11. The van der Waals surface area contributed by atoms with E-state index in [4.69, 9.17) is 5.26 Å². The van der Waals surface area contributed by atoms with E-state index in [1.165, 1.54) is 0 Å². The van der Waals surface area contributed by atoms with Crippen molar-refractivity contribution < 1.29 is 5.11 Å². The number of aliphatic hydroxyl groups excluding tert-OH is 1. The van der Waals surface area contributed by atoms with Gasteiger partial charge in [-0.1, -0.05) is 6.07 Å². The number of hydrogen-bond donors (Lipinski definition) is 2. The first-order valence-electron chi connectivity index (χ1n) is 6.28. The SMILES string of the molecule is CNC1(CO)CCN(c2cccc(C#N)c2)CC1. The molecule has 18 heavy (non-hydrogen) atoms. The highest BCUT2D eigenvalue weighted by Gasteiger charge is 2.32. The molecule has 1 heterocycles. The van der Waals surface area contributed by atoms with E-state index in [9.17, 15) is 5.11 Å². The van der Waals surface area contributed by atoms with Crippen molar-refractivity contribution in [2.45, 2.75) is 18.4 Å². The van der Waals surface area contributed by atoms with E-state index >= 15 is 0 Å². The molecule has 2 N–H and O–H groups in total. The van der Waals surface area contributed by atoms with Crippen LogP contribution in [0, 0.1) is 11.3 Å². The lowest BCUT2D eigenvalue weighted by molar-refractivity contribution is 0.142. The average Bonchev–Trinajstić information content (AvgIpc) is 2.47. The zero-order valence-corrected chi connectivity index (χ0v) is 10.7. The summed E-state index contributed by atoms with van der Waals surface area (Å²) in [5.41, 5.74) is 1.65. The summed E-state index contributed by atoms with van der Waals surface area (Å²) >= 11 is 0. The molecule has 1 fully saturated rings. The molecule has 0 aromatic heterocycles. The van der Waals surface area contributed by atoms with Crippen molar-refractivity contribution in [3.05, 3.63) is 29.8 Å². The molecule has 0 spiro atoms. The van der Waals surface area contributed by atoms with Gasteiger partial charge in [0.15, 0.2) is 0 Å². The van der Waals surface area contributed by atoms with Crippen LogP contribution < -0.4 is 10.2 Å². The smallest absolute Gasteiger partial charge is 0.0992 e. The number of rotatable bonds is 3. The van der Waals surface area contributed by atoms with Crippen LogP contribution in [-0.4, -0.2) is 37.4 Å². The maximum atomic E-state index is 9.46. The summed E-state index contributed by atoms with van der Waals surface area (Å²) < 4.78 is 0. The van der Waals surface area contributed by atoms with Crippen LogP contribution >= 0.6 is 0 Å². The summed E-state index contributed by atoms with van der Waals surface area (Å²) in [7, 11) is 1.90. The number of benzene rings is 1. The third-order valence-corrected chi connectivity index (χ3v) is 3.89. The van der Waals surface area contributed by atoms with Gasteiger partial charge in [-0.25, -0.2) is 0 Å². The van der Waals surface area contributed by atoms with Crippen LogP contribution in [0.2, 0.25) is 0 Å². The fraction of sp³-hybridized carbons (Fsp3) is 0.500. The minimum absolute atomic E-state index is 0.136. The van der Waals surface area contributed by atoms with Gasteiger partial charge in [-0.3, -0.25) is 0 Å². The number of aliphatic hydroxyl groups is 1. The minimum atomic E-state index is -0.136. The van der Waals surface area contributed by atoms with Gasteiger partial charge >= 0.3 is 0 Å². The molecule has 0 radical (unpaired) electrons. The van der Waals surface area contributed by atoms with Crippen molar-refractivity contribution >= 4 is 5.69 Å². The Kier molecular flexibility index (Phi) is 3.85. The molecule has 96 valence electrons. The Balaban J connectivity index is 2.07. The molecule has 4 heteroatoms. The van der Waals surface area contributed by atoms with Crippen molar-refractivity contribution in [1.29, 1.82) is 5.26 Å². The fourth-order valence-electron chi connectivity index (χ4n) is 2.45. The van der Waals surface area contributed by atoms with Gasteiger partial charge in [-0.05, 0) is 38.1 Å². The second-order valence-electron chi connectivity index (χ2n) is 4.84. The summed E-state index contributed by atoms with van der Waals surface area (Å²) in [6.07, 6.45) is 1.83. The third-order valence-electron chi connectivity index (χ3n) is 3.89. The summed E-state index contributed by atoms with van der Waals surface area (Å²) in [4.78, 5) is 2.27. The first-order chi connectivity index (χ1) is 8.73. The fourth-order valence-corrected chi connectivity index (χ4v) is 2.45. The highest BCUT2D eigenvalue weighted by molar-refractivity contribution is 5.51. The number of nitriles is 1. The Bertz CT molecular complexity index is 439. The van der Waals surface area contributed by atoms with E-state index in [0.29, 0.717) is 5.56 Å². The zero-order valence-electron chi connectivity index (χ0n) is 10.7. The number of nitrogens with zero attached hydrogens (tertiary/aromatic N) is 2. The van der Waals surface area contributed by atoms with E-state index in [2.05, 4.69) is 16.3 Å². The van der Waals surface area contributed by atoms with Crippen molar-refractivity contribution in [2.24, 2.45) is 0 Å². The molecule has 0 unspecified atom stereocenters. The van der Waals surface area contributed by atoms with E-state index in [0.717, 1.165) is 31.6 Å². The summed E-state index contributed by atoms with van der Waals surface area (Å²) in [6, 6.07) is 9.86. The lowest BCUT2D eigenvalue weighted by Gasteiger charge is -2.41. The first kappa shape index (κ1) is 12.9. The average molecular weight is 245 g/mol. The maximum absolute atomic E-state index is 9.46. The molecule has 4 nitrogen and oxygen atoms in total. The van der Waals surface area contributed by atoms with Crippen LogP contribution in [0.3, 0.4) is 0 Å². The van der Waals surface area contributed by atoms with Crippen LogP contribution in [0.1, 0.15) is 18.4 Å². The van der Waals surface area contributed by atoms with Gasteiger partial charge < -0.3 is 15.3 Å². The largest absolute Gasteiger partial charge is 0.394 e. The van der Waals surface area contributed by atoms with Crippen LogP contribution in [0.15, 0.2) is 24.3 Å². The lowest BCUT2D eigenvalue weighted by atomic mass is 9.88. The monoisotopic (exact) mass is 245 g/mol. The van der Waals surface area contributed by atoms with E-state index in [1.54, 1.807) is 0 Å². The normalized spacial score (nSPS) is 18.4. The van der Waals surface area contributed by atoms with Crippen molar-refractivity contribution in [2.75, 3.05) is 31.6 Å². The molecule has 0 aliphatic carbocycles. The Morgan fingerprint density at radius 2 is 2.17 bits per heavy atom. The van der Waals surface area contributed by atoms with Crippen LogP contribution in [0.5, 0.6) is 0 Å². The molecular formula is C14H19N3O. The number of anilines is 1. The molecule has 0 amide bonds.